The monoisotopic (exact) mass is 586 g/mol. The van der Waals surface area contributed by atoms with Gasteiger partial charge in [0.1, 0.15) is 17.8 Å². The number of hydrogen-bond donors (Lipinski definition) is 2. The SMILES string of the molecule is C=CC1=C(/C=C\C)N(c2cccc(N3CCN(CC4Nc5ccc(C(=O)O)cc5N4CC4CCO4)CC3)n2)CCC1.CC. The Morgan fingerprint density at radius 1 is 1.12 bits per heavy atom. The van der Waals surface area contributed by atoms with Crippen molar-refractivity contribution in [1.29, 1.82) is 0 Å². The van der Waals surface area contributed by atoms with Crippen molar-refractivity contribution < 1.29 is 14.6 Å². The minimum absolute atomic E-state index is 0.0706. The molecule has 5 heterocycles. The predicted molar refractivity (Wildman–Crippen MR) is 175 cm³/mol. The standard InChI is InChI=1S/C32H40N6O3.C2H6/c1-3-7-27-23(4-2)8-6-14-37(27)30-10-5-9-29(34-30)36-17-15-35(16-18-36)22-31-33-26-12-11-24(32(39)40)20-28(26)38(31)21-25-13-19-41-25;1-2/h3-5,7,9-12,20,25,31,33H,2,6,8,13-19,21-22H2,1H3,(H,39,40);1-2H3/b7-3-;. The first kappa shape index (κ1) is 30.6. The molecule has 1 aromatic carbocycles. The summed E-state index contributed by atoms with van der Waals surface area (Å²) in [5, 5.41) is 13.2. The molecule has 2 atom stereocenters. The third-order valence-electron chi connectivity index (χ3n) is 8.59. The predicted octanol–water partition coefficient (Wildman–Crippen LogP) is 5.59. The van der Waals surface area contributed by atoms with Crippen LogP contribution < -0.4 is 20.0 Å². The molecular weight excluding hydrogens is 540 g/mol. The van der Waals surface area contributed by atoms with Crippen LogP contribution in [-0.4, -0.2) is 85.6 Å². The maximum atomic E-state index is 11.6. The van der Waals surface area contributed by atoms with Crippen molar-refractivity contribution in [2.24, 2.45) is 0 Å². The Labute approximate surface area is 256 Å². The van der Waals surface area contributed by atoms with Crippen molar-refractivity contribution >= 4 is 29.0 Å². The van der Waals surface area contributed by atoms with Crippen LogP contribution in [0.25, 0.3) is 0 Å². The summed E-state index contributed by atoms with van der Waals surface area (Å²) in [7, 11) is 0. The zero-order chi connectivity index (χ0) is 30.3. The number of carboxylic acid groups (broad SMARTS) is 1. The molecule has 0 aliphatic carbocycles. The molecular formula is C34H46N6O3. The fourth-order valence-corrected chi connectivity index (χ4v) is 6.26. The van der Waals surface area contributed by atoms with E-state index in [1.165, 1.54) is 11.3 Å². The van der Waals surface area contributed by atoms with Crippen molar-refractivity contribution in [1.82, 2.24) is 9.88 Å². The first-order valence-electron chi connectivity index (χ1n) is 15.8. The van der Waals surface area contributed by atoms with Crippen molar-refractivity contribution in [2.75, 3.05) is 72.4 Å². The molecule has 0 amide bonds. The summed E-state index contributed by atoms with van der Waals surface area (Å²) in [5.41, 5.74) is 4.72. The average Bonchev–Trinajstić information content (AvgIpc) is 3.36. The van der Waals surface area contributed by atoms with Gasteiger partial charge in [0.2, 0.25) is 0 Å². The Kier molecular flexibility index (Phi) is 10.0. The molecule has 2 unspecified atom stereocenters. The minimum atomic E-state index is -0.902. The number of ether oxygens (including phenoxy) is 1. The maximum absolute atomic E-state index is 11.6. The van der Waals surface area contributed by atoms with Gasteiger partial charge in [-0.25, -0.2) is 9.78 Å². The number of aromatic nitrogens is 1. The van der Waals surface area contributed by atoms with Crippen LogP contribution in [0.4, 0.5) is 23.0 Å². The maximum Gasteiger partial charge on any atom is 0.335 e. The molecule has 0 bridgehead atoms. The number of aromatic carboxylic acids is 1. The van der Waals surface area contributed by atoms with Crippen LogP contribution in [0.1, 0.15) is 50.4 Å². The molecule has 2 fully saturated rings. The fraction of sp³-hybridized carbons (Fsp3) is 0.471. The van der Waals surface area contributed by atoms with Crippen molar-refractivity contribution in [3.63, 3.8) is 0 Å². The van der Waals surface area contributed by atoms with Gasteiger partial charge < -0.3 is 29.9 Å². The van der Waals surface area contributed by atoms with E-state index in [0.717, 1.165) is 94.7 Å². The van der Waals surface area contributed by atoms with Crippen LogP contribution in [0.2, 0.25) is 0 Å². The van der Waals surface area contributed by atoms with E-state index in [0.29, 0.717) is 5.56 Å². The second-order valence-corrected chi connectivity index (χ2v) is 11.1. The second-order valence-electron chi connectivity index (χ2n) is 11.1. The Morgan fingerprint density at radius 3 is 2.56 bits per heavy atom. The van der Waals surface area contributed by atoms with Gasteiger partial charge in [0, 0.05) is 58.1 Å². The van der Waals surface area contributed by atoms with Gasteiger partial charge in [0.25, 0.3) is 0 Å². The third kappa shape index (κ3) is 6.73. The van der Waals surface area contributed by atoms with Crippen molar-refractivity contribution in [3.05, 3.63) is 78.0 Å². The van der Waals surface area contributed by atoms with E-state index in [1.807, 2.05) is 26.0 Å². The Morgan fingerprint density at radius 2 is 1.88 bits per heavy atom. The molecule has 4 aliphatic rings. The van der Waals surface area contributed by atoms with Gasteiger partial charge in [0.05, 0.1) is 23.0 Å². The number of hydrogen-bond acceptors (Lipinski definition) is 8. The molecule has 230 valence electrons. The van der Waals surface area contributed by atoms with Crippen LogP contribution in [-0.2, 0) is 4.74 Å². The van der Waals surface area contributed by atoms with Crippen LogP contribution in [0.5, 0.6) is 0 Å². The topological polar surface area (TPSA) is 84.4 Å². The first-order valence-corrected chi connectivity index (χ1v) is 15.8. The summed E-state index contributed by atoms with van der Waals surface area (Å²) < 4.78 is 5.74. The minimum Gasteiger partial charge on any atom is -0.478 e. The van der Waals surface area contributed by atoms with Crippen LogP contribution in [0.15, 0.2) is 72.5 Å². The molecule has 0 saturated carbocycles. The van der Waals surface area contributed by atoms with Gasteiger partial charge in [-0.1, -0.05) is 38.6 Å². The molecule has 0 radical (unpaired) electrons. The Balaban J connectivity index is 0.00000180. The summed E-state index contributed by atoms with van der Waals surface area (Å²) >= 11 is 0. The number of pyridine rings is 1. The van der Waals surface area contributed by atoms with Gasteiger partial charge in [0.15, 0.2) is 0 Å². The molecule has 4 aliphatic heterocycles. The summed E-state index contributed by atoms with van der Waals surface area (Å²) in [6, 6.07) is 11.7. The fourth-order valence-electron chi connectivity index (χ4n) is 6.26. The third-order valence-corrected chi connectivity index (χ3v) is 8.59. The molecule has 2 aromatic rings. The van der Waals surface area contributed by atoms with Crippen LogP contribution in [0.3, 0.4) is 0 Å². The number of nitrogens with one attached hydrogen (secondary N) is 1. The van der Waals surface area contributed by atoms with E-state index in [2.05, 4.69) is 68.8 Å². The number of carboxylic acids is 1. The quantitative estimate of drug-likeness (QED) is 0.391. The number of allylic oxidation sites excluding steroid dienone is 4. The highest BCUT2D eigenvalue weighted by Gasteiger charge is 2.35. The van der Waals surface area contributed by atoms with E-state index >= 15 is 0 Å². The lowest BCUT2D eigenvalue weighted by molar-refractivity contribution is -0.0452. The number of anilines is 4. The number of benzene rings is 1. The van der Waals surface area contributed by atoms with E-state index in [9.17, 15) is 9.90 Å². The molecule has 2 saturated heterocycles. The molecule has 6 rings (SSSR count). The number of rotatable bonds is 9. The van der Waals surface area contributed by atoms with Crippen LogP contribution >= 0.6 is 0 Å². The lowest BCUT2D eigenvalue weighted by Gasteiger charge is -2.40. The van der Waals surface area contributed by atoms with E-state index < -0.39 is 5.97 Å². The van der Waals surface area contributed by atoms with Crippen molar-refractivity contribution in [3.8, 4) is 0 Å². The molecule has 9 heteroatoms. The first-order chi connectivity index (χ1) is 21.0. The van der Waals surface area contributed by atoms with Gasteiger partial charge in [-0.15, -0.1) is 0 Å². The van der Waals surface area contributed by atoms with E-state index in [1.54, 1.807) is 12.1 Å². The van der Waals surface area contributed by atoms with Crippen molar-refractivity contribution in [2.45, 2.75) is 52.3 Å². The Bertz CT molecular complexity index is 1350. The number of carbonyl (C=O) groups is 1. The smallest absolute Gasteiger partial charge is 0.335 e. The lowest BCUT2D eigenvalue weighted by atomic mass is 10.0. The normalized spacial score (nSPS) is 22.1. The molecule has 2 N–H and O–H groups in total. The molecule has 1 aromatic heterocycles. The highest BCUT2D eigenvalue weighted by atomic mass is 16.5. The summed E-state index contributed by atoms with van der Waals surface area (Å²) in [5.74, 6) is 1.10. The summed E-state index contributed by atoms with van der Waals surface area (Å²) in [6.07, 6.45) is 9.68. The van der Waals surface area contributed by atoms with Gasteiger partial charge >= 0.3 is 5.97 Å². The summed E-state index contributed by atoms with van der Waals surface area (Å²) in [6.45, 7) is 17.1. The number of nitrogens with zero attached hydrogens (tertiary/aromatic N) is 5. The molecule has 43 heavy (non-hydrogen) atoms. The van der Waals surface area contributed by atoms with E-state index in [4.69, 9.17) is 9.72 Å². The Hall–Kier alpha value is -3.82. The second kappa shape index (κ2) is 14.1. The summed E-state index contributed by atoms with van der Waals surface area (Å²) in [4.78, 5) is 26.2. The van der Waals surface area contributed by atoms with Gasteiger partial charge in [-0.3, -0.25) is 4.90 Å². The molecule has 9 nitrogen and oxygen atoms in total. The van der Waals surface area contributed by atoms with Gasteiger partial charge in [-0.05, 0) is 68.2 Å². The zero-order valence-electron chi connectivity index (χ0n) is 25.8. The average molecular weight is 587 g/mol. The van der Waals surface area contributed by atoms with Gasteiger partial charge in [-0.2, -0.15) is 0 Å². The lowest BCUT2D eigenvalue weighted by Crippen LogP contribution is -2.54. The zero-order valence-corrected chi connectivity index (χ0v) is 25.8. The largest absolute Gasteiger partial charge is 0.478 e. The highest BCUT2D eigenvalue weighted by Crippen LogP contribution is 2.37. The molecule has 0 spiro atoms. The van der Waals surface area contributed by atoms with E-state index in [-0.39, 0.29) is 12.3 Å². The number of fused-ring (bicyclic) bond motifs is 1. The number of piperazine rings is 1. The van der Waals surface area contributed by atoms with Crippen LogP contribution in [0, 0.1) is 0 Å². The highest BCUT2D eigenvalue weighted by molar-refractivity contribution is 5.92.